The molecule has 98 valence electrons. The molecule has 0 radical (unpaired) electrons. The van der Waals surface area contributed by atoms with Crippen molar-refractivity contribution >= 4 is 5.91 Å². The number of rotatable bonds is 4. The van der Waals surface area contributed by atoms with E-state index in [1.807, 2.05) is 0 Å². The van der Waals surface area contributed by atoms with Crippen LogP contribution in [0.15, 0.2) is 36.5 Å². The van der Waals surface area contributed by atoms with Crippen molar-refractivity contribution in [1.29, 1.82) is 0 Å². The summed E-state index contributed by atoms with van der Waals surface area (Å²) >= 11 is 0. The van der Waals surface area contributed by atoms with E-state index in [2.05, 4.69) is 4.98 Å². The lowest BCUT2D eigenvalue weighted by Gasteiger charge is -2.07. The van der Waals surface area contributed by atoms with Crippen LogP contribution in [0, 0.1) is 5.82 Å². The lowest BCUT2D eigenvalue weighted by atomic mass is 10.2. The van der Waals surface area contributed by atoms with E-state index >= 15 is 0 Å². The van der Waals surface area contributed by atoms with E-state index in [1.165, 1.54) is 18.3 Å². The number of amides is 1. The number of ether oxygens (including phenoxy) is 1. The van der Waals surface area contributed by atoms with Gasteiger partial charge in [0, 0.05) is 30.4 Å². The summed E-state index contributed by atoms with van der Waals surface area (Å²) in [5, 5.41) is 0. The molecule has 0 fully saturated rings. The molecule has 0 spiro atoms. The molecule has 1 heterocycles. The highest BCUT2D eigenvalue weighted by atomic mass is 19.1. The molecule has 0 bridgehead atoms. The van der Waals surface area contributed by atoms with E-state index in [4.69, 9.17) is 16.2 Å². The number of primary amides is 1. The second kappa shape index (κ2) is 5.45. The summed E-state index contributed by atoms with van der Waals surface area (Å²) in [7, 11) is 0. The maximum atomic E-state index is 13.5. The van der Waals surface area contributed by atoms with Crippen LogP contribution >= 0.6 is 0 Å². The van der Waals surface area contributed by atoms with Gasteiger partial charge in [-0.3, -0.25) is 9.78 Å². The molecule has 1 aromatic carbocycles. The first-order valence-electron chi connectivity index (χ1n) is 5.52. The van der Waals surface area contributed by atoms with Gasteiger partial charge in [0.15, 0.2) is 0 Å². The van der Waals surface area contributed by atoms with Crippen LogP contribution < -0.4 is 16.2 Å². The summed E-state index contributed by atoms with van der Waals surface area (Å²) in [6.45, 7) is 0.118. The van der Waals surface area contributed by atoms with Crippen LogP contribution in [0.1, 0.15) is 16.1 Å². The molecule has 0 saturated heterocycles. The number of aromatic nitrogens is 1. The zero-order valence-corrected chi connectivity index (χ0v) is 9.97. The highest BCUT2D eigenvalue weighted by Gasteiger charge is 2.06. The number of nitrogens with zero attached hydrogens (tertiary/aromatic N) is 1. The molecule has 6 heteroatoms. The Morgan fingerprint density at radius 3 is 2.63 bits per heavy atom. The van der Waals surface area contributed by atoms with E-state index in [9.17, 15) is 9.18 Å². The van der Waals surface area contributed by atoms with Crippen LogP contribution in [0.5, 0.6) is 11.5 Å². The largest absolute Gasteiger partial charge is 0.457 e. The van der Waals surface area contributed by atoms with Gasteiger partial charge in [-0.1, -0.05) is 6.07 Å². The average molecular weight is 261 g/mol. The van der Waals surface area contributed by atoms with Crippen molar-refractivity contribution in [2.45, 2.75) is 6.54 Å². The Kier molecular flexibility index (Phi) is 3.72. The molecule has 0 aliphatic carbocycles. The van der Waals surface area contributed by atoms with Crippen molar-refractivity contribution < 1.29 is 13.9 Å². The van der Waals surface area contributed by atoms with Crippen molar-refractivity contribution in [3.8, 4) is 11.5 Å². The number of hydrogen-bond donors (Lipinski definition) is 2. The first-order chi connectivity index (χ1) is 9.10. The van der Waals surface area contributed by atoms with Crippen LogP contribution in [-0.2, 0) is 6.54 Å². The van der Waals surface area contributed by atoms with Crippen molar-refractivity contribution in [2.24, 2.45) is 11.5 Å². The fourth-order valence-corrected chi connectivity index (χ4v) is 1.50. The Bertz CT molecular complexity index is 617. The van der Waals surface area contributed by atoms with Gasteiger partial charge >= 0.3 is 0 Å². The summed E-state index contributed by atoms with van der Waals surface area (Å²) in [5.74, 6) is -0.445. The van der Waals surface area contributed by atoms with Crippen LogP contribution in [0.2, 0.25) is 0 Å². The average Bonchev–Trinajstić information content (AvgIpc) is 2.39. The molecule has 0 unspecified atom stereocenters. The van der Waals surface area contributed by atoms with Gasteiger partial charge in [0.1, 0.15) is 23.0 Å². The molecule has 1 amide bonds. The lowest BCUT2D eigenvalue weighted by Crippen LogP contribution is -2.12. The minimum atomic E-state index is -0.657. The Balaban J connectivity index is 2.23. The quantitative estimate of drug-likeness (QED) is 0.873. The van der Waals surface area contributed by atoms with Crippen molar-refractivity contribution in [1.82, 2.24) is 4.98 Å². The molecule has 2 rings (SSSR count). The number of halogens is 1. The number of carbonyl (C=O) groups is 1. The fraction of sp³-hybridized carbons (Fsp3) is 0.0769. The smallest absolute Gasteiger partial charge is 0.267 e. The molecule has 4 N–H and O–H groups in total. The topological polar surface area (TPSA) is 91.2 Å². The third kappa shape index (κ3) is 3.05. The Labute approximate surface area is 109 Å². The maximum Gasteiger partial charge on any atom is 0.267 e. The van der Waals surface area contributed by atoms with E-state index in [0.717, 1.165) is 0 Å². The third-order valence-electron chi connectivity index (χ3n) is 2.46. The maximum absolute atomic E-state index is 13.5. The van der Waals surface area contributed by atoms with E-state index in [-0.39, 0.29) is 12.2 Å². The van der Waals surface area contributed by atoms with E-state index in [0.29, 0.717) is 17.1 Å². The van der Waals surface area contributed by atoms with E-state index in [1.54, 1.807) is 18.2 Å². The van der Waals surface area contributed by atoms with Crippen LogP contribution in [0.4, 0.5) is 4.39 Å². The number of benzene rings is 1. The van der Waals surface area contributed by atoms with Crippen molar-refractivity contribution in [2.75, 3.05) is 0 Å². The monoisotopic (exact) mass is 261 g/mol. The second-order valence-corrected chi connectivity index (χ2v) is 3.80. The summed E-state index contributed by atoms with van der Waals surface area (Å²) in [5.41, 5.74) is 11.0. The highest BCUT2D eigenvalue weighted by Crippen LogP contribution is 2.23. The molecule has 19 heavy (non-hydrogen) atoms. The minimum Gasteiger partial charge on any atom is -0.457 e. The SMILES string of the molecule is NCc1ccc(Oc2ccnc(C(N)=O)c2)cc1F. The second-order valence-electron chi connectivity index (χ2n) is 3.80. The van der Waals surface area contributed by atoms with Gasteiger partial charge < -0.3 is 16.2 Å². The van der Waals surface area contributed by atoms with Gasteiger partial charge in [-0.2, -0.15) is 0 Å². The zero-order chi connectivity index (χ0) is 13.8. The third-order valence-corrected chi connectivity index (χ3v) is 2.46. The molecule has 5 nitrogen and oxygen atoms in total. The first kappa shape index (κ1) is 13.0. The molecular formula is C13H12FN3O2. The normalized spacial score (nSPS) is 10.2. The molecular weight excluding hydrogens is 249 g/mol. The summed E-state index contributed by atoms with van der Waals surface area (Å²) in [6, 6.07) is 7.29. The molecule has 0 aliphatic heterocycles. The van der Waals surface area contributed by atoms with Crippen LogP contribution in [-0.4, -0.2) is 10.9 Å². The van der Waals surface area contributed by atoms with Crippen molar-refractivity contribution in [3.63, 3.8) is 0 Å². The summed E-state index contributed by atoms with van der Waals surface area (Å²) in [4.78, 5) is 14.8. The van der Waals surface area contributed by atoms with Gasteiger partial charge in [-0.25, -0.2) is 4.39 Å². The number of hydrogen-bond acceptors (Lipinski definition) is 4. The Morgan fingerprint density at radius 1 is 1.26 bits per heavy atom. The van der Waals surface area contributed by atoms with E-state index < -0.39 is 11.7 Å². The Hall–Kier alpha value is -2.47. The van der Waals surface area contributed by atoms with Gasteiger partial charge in [0.2, 0.25) is 0 Å². The molecule has 1 aromatic heterocycles. The lowest BCUT2D eigenvalue weighted by molar-refractivity contribution is 0.0995. The van der Waals surface area contributed by atoms with Gasteiger partial charge in [-0.15, -0.1) is 0 Å². The first-order valence-corrected chi connectivity index (χ1v) is 5.52. The van der Waals surface area contributed by atoms with Crippen LogP contribution in [0.3, 0.4) is 0 Å². The van der Waals surface area contributed by atoms with Gasteiger partial charge in [-0.05, 0) is 12.1 Å². The molecule has 0 atom stereocenters. The number of nitrogens with two attached hydrogens (primary N) is 2. The Morgan fingerprint density at radius 2 is 2.00 bits per heavy atom. The number of carbonyl (C=O) groups excluding carboxylic acids is 1. The number of pyridine rings is 1. The predicted molar refractivity (Wildman–Crippen MR) is 67.1 cm³/mol. The molecule has 0 saturated carbocycles. The van der Waals surface area contributed by atoms with Crippen LogP contribution in [0.25, 0.3) is 0 Å². The van der Waals surface area contributed by atoms with Gasteiger partial charge in [0.25, 0.3) is 5.91 Å². The fourth-order valence-electron chi connectivity index (χ4n) is 1.50. The predicted octanol–water partition coefficient (Wildman–Crippen LogP) is 1.57. The summed E-state index contributed by atoms with van der Waals surface area (Å²) < 4.78 is 18.9. The van der Waals surface area contributed by atoms with Crippen molar-refractivity contribution in [3.05, 3.63) is 53.6 Å². The van der Waals surface area contributed by atoms with Gasteiger partial charge in [0.05, 0.1) is 0 Å². The highest BCUT2D eigenvalue weighted by molar-refractivity contribution is 5.91. The zero-order valence-electron chi connectivity index (χ0n) is 9.97. The molecule has 2 aromatic rings. The standard InChI is InChI=1S/C13H12FN3O2/c14-11-5-9(2-1-8(11)7-15)19-10-3-4-17-12(6-10)13(16)18/h1-6H,7,15H2,(H2,16,18). The summed E-state index contributed by atoms with van der Waals surface area (Å²) in [6.07, 6.45) is 1.39. The molecule has 0 aliphatic rings. The minimum absolute atomic E-state index is 0.0801.